The molecule has 1 aliphatic carbocycles. The molecule has 6 heteroatoms. The van der Waals surface area contributed by atoms with Gasteiger partial charge in [-0.05, 0) is 31.7 Å². The van der Waals surface area contributed by atoms with Crippen LogP contribution in [0.4, 0.5) is 4.79 Å². The summed E-state index contributed by atoms with van der Waals surface area (Å²) in [6.45, 7) is 3.42. The van der Waals surface area contributed by atoms with E-state index in [0.717, 1.165) is 24.8 Å². The van der Waals surface area contributed by atoms with Crippen molar-refractivity contribution in [1.82, 2.24) is 4.90 Å². The largest absolute Gasteiger partial charge is 0.444 e. The second-order valence-electron chi connectivity index (χ2n) is 8.50. The summed E-state index contributed by atoms with van der Waals surface area (Å²) in [5, 5.41) is 19.8. The summed E-state index contributed by atoms with van der Waals surface area (Å²) in [7, 11) is 0. The second kappa shape index (κ2) is 9.25. The molecule has 6 nitrogen and oxygen atoms in total. The number of hydrogen-bond donors (Lipinski definition) is 2. The summed E-state index contributed by atoms with van der Waals surface area (Å²) in [6, 6.07) is 9.25. The molecule has 1 aliphatic heterocycles. The number of nitrogens with zero attached hydrogens (tertiary/aromatic N) is 1. The molecule has 156 valence electrons. The van der Waals surface area contributed by atoms with Crippen LogP contribution in [-0.2, 0) is 16.1 Å². The van der Waals surface area contributed by atoms with Crippen molar-refractivity contribution in [2.45, 2.75) is 83.0 Å². The van der Waals surface area contributed by atoms with Crippen LogP contribution in [0.3, 0.4) is 0 Å². The van der Waals surface area contributed by atoms with Crippen LogP contribution in [0.25, 0.3) is 0 Å². The first-order valence-electron chi connectivity index (χ1n) is 10.4. The van der Waals surface area contributed by atoms with Gasteiger partial charge in [0.05, 0.1) is 12.6 Å². The smallest absolute Gasteiger partial charge is 0.412 e. The van der Waals surface area contributed by atoms with Gasteiger partial charge in [0.1, 0.15) is 24.5 Å². The van der Waals surface area contributed by atoms with E-state index in [2.05, 4.69) is 0 Å². The van der Waals surface area contributed by atoms with E-state index >= 15 is 0 Å². The molecule has 2 N–H and O–H groups in total. The van der Waals surface area contributed by atoms with E-state index in [-0.39, 0.29) is 12.6 Å². The third-order valence-electron chi connectivity index (χ3n) is 5.98. The monoisotopic (exact) mass is 391 g/mol. The molecule has 1 saturated heterocycles. The molecule has 0 aromatic heterocycles. The first-order valence-corrected chi connectivity index (χ1v) is 10.4. The number of amides is 1. The van der Waals surface area contributed by atoms with E-state index in [0.29, 0.717) is 5.92 Å². The fourth-order valence-electron chi connectivity index (χ4n) is 4.60. The van der Waals surface area contributed by atoms with Crippen molar-refractivity contribution >= 4 is 6.09 Å². The van der Waals surface area contributed by atoms with E-state index in [1.165, 1.54) is 19.3 Å². The Balaban J connectivity index is 1.75. The van der Waals surface area contributed by atoms with Crippen molar-refractivity contribution in [2.24, 2.45) is 5.92 Å². The molecule has 0 unspecified atom stereocenters. The maximum Gasteiger partial charge on any atom is 0.412 e. The number of aliphatic hydroxyl groups is 2. The van der Waals surface area contributed by atoms with Gasteiger partial charge in [0.2, 0.25) is 0 Å². The number of hydrogen-bond acceptors (Lipinski definition) is 5. The molecule has 1 saturated carbocycles. The summed E-state index contributed by atoms with van der Waals surface area (Å²) >= 11 is 0. The van der Waals surface area contributed by atoms with E-state index in [9.17, 15) is 15.0 Å². The highest BCUT2D eigenvalue weighted by atomic mass is 16.6. The van der Waals surface area contributed by atoms with Crippen molar-refractivity contribution in [1.29, 1.82) is 0 Å². The van der Waals surface area contributed by atoms with Gasteiger partial charge in [-0.1, -0.05) is 62.4 Å². The summed E-state index contributed by atoms with van der Waals surface area (Å²) in [6.07, 6.45) is 4.59. The van der Waals surface area contributed by atoms with Crippen LogP contribution in [0.5, 0.6) is 0 Å². The maximum atomic E-state index is 13.0. The maximum absolute atomic E-state index is 13.0. The average molecular weight is 392 g/mol. The number of carbonyl (C=O) groups excluding carboxylic acids is 1. The van der Waals surface area contributed by atoms with E-state index in [1.54, 1.807) is 4.90 Å². The molecule has 1 aromatic rings. The molecule has 0 radical (unpaired) electrons. The van der Waals surface area contributed by atoms with Crippen molar-refractivity contribution in [3.8, 4) is 0 Å². The van der Waals surface area contributed by atoms with Crippen LogP contribution >= 0.6 is 0 Å². The van der Waals surface area contributed by atoms with Gasteiger partial charge in [0, 0.05) is 0 Å². The van der Waals surface area contributed by atoms with Crippen LogP contribution in [0, 0.1) is 5.92 Å². The third kappa shape index (κ3) is 4.85. The minimum atomic E-state index is -1.03. The normalized spacial score (nSPS) is 26.2. The predicted octanol–water partition coefficient (Wildman–Crippen LogP) is 3.45. The third-order valence-corrected chi connectivity index (χ3v) is 5.98. The van der Waals surface area contributed by atoms with E-state index in [1.807, 2.05) is 44.2 Å². The molecular weight excluding hydrogens is 358 g/mol. The Bertz CT molecular complexity index is 629. The summed E-state index contributed by atoms with van der Waals surface area (Å²) < 4.78 is 11.6. The van der Waals surface area contributed by atoms with Crippen molar-refractivity contribution in [2.75, 3.05) is 6.61 Å². The quantitative estimate of drug-likeness (QED) is 0.776. The standard InChI is InChI=1S/C22H33NO5/c1-22(2)23(21(26)27-15-17-11-7-4-8-12-17)18(20(28-22)19(25)14-24)13-16-9-5-3-6-10-16/h4,7-8,11-12,16,18-20,24-25H,3,5-6,9-10,13-15H2,1-2H3/t18-,19+,20+/m0/s1. The fraction of sp³-hybridized carbons (Fsp3) is 0.682. The molecule has 3 rings (SSSR count). The molecule has 0 spiro atoms. The van der Waals surface area contributed by atoms with Gasteiger partial charge in [-0.15, -0.1) is 0 Å². The van der Waals surface area contributed by atoms with Crippen LogP contribution in [0.1, 0.15) is 57.9 Å². The van der Waals surface area contributed by atoms with Crippen molar-refractivity contribution in [3.05, 3.63) is 35.9 Å². The van der Waals surface area contributed by atoms with Crippen molar-refractivity contribution in [3.63, 3.8) is 0 Å². The highest BCUT2D eigenvalue weighted by Gasteiger charge is 2.53. The Morgan fingerprint density at radius 1 is 1.25 bits per heavy atom. The number of ether oxygens (including phenoxy) is 2. The Morgan fingerprint density at radius 2 is 1.93 bits per heavy atom. The predicted molar refractivity (Wildman–Crippen MR) is 105 cm³/mol. The Kier molecular flexibility index (Phi) is 6.96. The lowest BCUT2D eigenvalue weighted by atomic mass is 9.83. The van der Waals surface area contributed by atoms with Crippen LogP contribution < -0.4 is 0 Å². The van der Waals surface area contributed by atoms with E-state index < -0.39 is 30.6 Å². The lowest BCUT2D eigenvalue weighted by Crippen LogP contribution is -2.50. The van der Waals surface area contributed by atoms with Gasteiger partial charge in [0.15, 0.2) is 0 Å². The topological polar surface area (TPSA) is 79.2 Å². The zero-order chi connectivity index (χ0) is 20.1. The molecular formula is C22H33NO5. The molecule has 28 heavy (non-hydrogen) atoms. The van der Waals surface area contributed by atoms with Gasteiger partial charge in [-0.3, -0.25) is 4.90 Å². The SMILES string of the molecule is CC1(C)O[C@@H]([C@H](O)CO)[C@H](CC2CCCCC2)N1C(=O)OCc1ccccc1. The van der Waals surface area contributed by atoms with E-state index in [4.69, 9.17) is 9.47 Å². The molecule has 1 aromatic carbocycles. The summed E-state index contributed by atoms with van der Waals surface area (Å²) in [4.78, 5) is 14.7. The summed E-state index contributed by atoms with van der Waals surface area (Å²) in [5.74, 6) is 0.495. The molecule has 3 atom stereocenters. The van der Waals surface area contributed by atoms with Gasteiger partial charge in [-0.2, -0.15) is 0 Å². The second-order valence-corrected chi connectivity index (χ2v) is 8.50. The zero-order valence-electron chi connectivity index (χ0n) is 16.9. The average Bonchev–Trinajstić information content (AvgIpc) is 2.97. The first-order chi connectivity index (χ1) is 13.4. The molecule has 1 heterocycles. The zero-order valence-corrected chi connectivity index (χ0v) is 16.9. The van der Waals surface area contributed by atoms with Gasteiger partial charge in [-0.25, -0.2) is 4.79 Å². The number of carbonyl (C=O) groups is 1. The lowest BCUT2D eigenvalue weighted by Gasteiger charge is -2.35. The Hall–Kier alpha value is -1.63. The lowest BCUT2D eigenvalue weighted by molar-refractivity contribution is -0.107. The number of benzene rings is 1. The highest BCUT2D eigenvalue weighted by Crippen LogP contribution is 2.39. The molecule has 1 amide bonds. The van der Waals surface area contributed by atoms with Gasteiger partial charge < -0.3 is 19.7 Å². The number of aliphatic hydroxyl groups excluding tert-OH is 2. The molecule has 2 fully saturated rings. The fourth-order valence-corrected chi connectivity index (χ4v) is 4.60. The van der Waals surface area contributed by atoms with Gasteiger partial charge in [0.25, 0.3) is 0 Å². The van der Waals surface area contributed by atoms with Gasteiger partial charge >= 0.3 is 6.09 Å². The minimum absolute atomic E-state index is 0.190. The van der Waals surface area contributed by atoms with Crippen LogP contribution in [0.2, 0.25) is 0 Å². The van der Waals surface area contributed by atoms with Crippen LogP contribution in [0.15, 0.2) is 30.3 Å². The van der Waals surface area contributed by atoms with Crippen LogP contribution in [-0.4, -0.2) is 51.8 Å². The first kappa shape index (κ1) is 21.1. The highest BCUT2D eigenvalue weighted by molar-refractivity contribution is 5.69. The molecule has 2 aliphatic rings. The van der Waals surface area contributed by atoms with Crippen molar-refractivity contribution < 1.29 is 24.5 Å². The summed E-state index contributed by atoms with van der Waals surface area (Å²) in [5.41, 5.74) is 0.0121. The number of rotatable bonds is 6. The molecule has 0 bridgehead atoms. The Labute approximate surface area is 167 Å². The Morgan fingerprint density at radius 3 is 2.57 bits per heavy atom. The minimum Gasteiger partial charge on any atom is -0.444 e.